The molecule has 1 fully saturated rings. The van der Waals surface area contributed by atoms with Crippen molar-refractivity contribution >= 4 is 11.6 Å². The number of nitriles is 1. The highest BCUT2D eigenvalue weighted by Crippen LogP contribution is 2.32. The zero-order chi connectivity index (χ0) is 26.0. The number of ether oxygens (including phenoxy) is 2. The van der Waals surface area contributed by atoms with Crippen molar-refractivity contribution in [2.45, 2.75) is 12.8 Å². The molecule has 7 heteroatoms. The summed E-state index contributed by atoms with van der Waals surface area (Å²) in [6, 6.07) is 24.6. The predicted molar refractivity (Wildman–Crippen MR) is 144 cm³/mol. The number of nitrogens with one attached hydrogen (secondary N) is 1. The summed E-state index contributed by atoms with van der Waals surface area (Å²) in [6.45, 7) is 5.55. The van der Waals surface area contributed by atoms with E-state index >= 15 is 0 Å². The number of carbonyl (C=O) groups is 1. The van der Waals surface area contributed by atoms with Crippen molar-refractivity contribution in [2.75, 3.05) is 58.4 Å². The van der Waals surface area contributed by atoms with Gasteiger partial charge >= 0.3 is 0 Å². The van der Waals surface area contributed by atoms with Gasteiger partial charge < -0.3 is 19.7 Å². The van der Waals surface area contributed by atoms with Gasteiger partial charge in [0.15, 0.2) is 0 Å². The molecule has 1 aliphatic rings. The number of benzene rings is 2. The highest BCUT2D eigenvalue weighted by Gasteiger charge is 2.20. The summed E-state index contributed by atoms with van der Waals surface area (Å²) in [7, 11) is 3.35. The topological polar surface area (TPSA) is 77.8 Å². The lowest BCUT2D eigenvalue weighted by Gasteiger charge is -2.36. The molecule has 37 heavy (non-hydrogen) atoms. The van der Waals surface area contributed by atoms with Crippen molar-refractivity contribution in [2.24, 2.45) is 0 Å². The minimum Gasteiger partial charge on any atom is -0.497 e. The van der Waals surface area contributed by atoms with Crippen molar-refractivity contribution in [1.29, 1.82) is 5.26 Å². The summed E-state index contributed by atoms with van der Waals surface area (Å²) >= 11 is 0. The highest BCUT2D eigenvalue weighted by atomic mass is 16.5. The molecule has 7 nitrogen and oxygen atoms in total. The maximum absolute atomic E-state index is 12.5. The number of carbonyl (C=O) groups excluding carboxylic acids is 1. The Balaban J connectivity index is 1.17. The highest BCUT2D eigenvalue weighted by molar-refractivity contribution is 5.94. The van der Waals surface area contributed by atoms with Crippen LogP contribution >= 0.6 is 0 Å². The van der Waals surface area contributed by atoms with Gasteiger partial charge in [-0.1, -0.05) is 24.3 Å². The number of unbranched alkanes of at least 4 members (excludes halogenated alkanes) is 1. The third-order valence-electron chi connectivity index (χ3n) is 6.64. The average molecular weight is 497 g/mol. The van der Waals surface area contributed by atoms with Gasteiger partial charge in [-0.05, 0) is 61.3 Å². The lowest BCUT2D eigenvalue weighted by Crippen LogP contribution is -2.46. The summed E-state index contributed by atoms with van der Waals surface area (Å²) in [5, 5.41) is 12.3. The summed E-state index contributed by atoms with van der Waals surface area (Å²) in [5.74, 6) is 1.54. The molecule has 0 spiro atoms. The second-order valence-corrected chi connectivity index (χ2v) is 8.91. The molecule has 1 saturated heterocycles. The van der Waals surface area contributed by atoms with Crippen LogP contribution in [0.4, 0.5) is 5.69 Å². The monoisotopic (exact) mass is 496 g/mol. The van der Waals surface area contributed by atoms with Crippen LogP contribution in [0.25, 0.3) is 11.1 Å². The van der Waals surface area contributed by atoms with E-state index in [1.54, 1.807) is 38.5 Å². The zero-order valence-corrected chi connectivity index (χ0v) is 21.4. The molecular formula is C30H32N4O3. The van der Waals surface area contributed by atoms with Crippen LogP contribution in [0.2, 0.25) is 0 Å². The van der Waals surface area contributed by atoms with E-state index in [1.807, 2.05) is 24.3 Å². The van der Waals surface area contributed by atoms with Gasteiger partial charge in [-0.2, -0.15) is 5.26 Å². The molecule has 190 valence electrons. The quantitative estimate of drug-likeness (QED) is 0.425. The van der Waals surface area contributed by atoms with Crippen molar-refractivity contribution < 1.29 is 14.3 Å². The van der Waals surface area contributed by atoms with Crippen LogP contribution < -0.4 is 19.7 Å². The van der Waals surface area contributed by atoms with Crippen LogP contribution in [0.5, 0.6) is 11.5 Å². The summed E-state index contributed by atoms with van der Waals surface area (Å²) in [4.78, 5) is 17.4. The molecule has 0 atom stereocenters. The number of amides is 1. The fraction of sp³-hybridized carbons (Fsp3) is 0.333. The van der Waals surface area contributed by atoms with Gasteiger partial charge in [-0.15, -0.1) is 0 Å². The number of rotatable bonds is 10. The molecule has 0 aromatic heterocycles. The normalized spacial score (nSPS) is 13.4. The zero-order valence-electron chi connectivity index (χ0n) is 21.4. The van der Waals surface area contributed by atoms with Crippen LogP contribution in [0.1, 0.15) is 28.8 Å². The van der Waals surface area contributed by atoms with E-state index in [-0.39, 0.29) is 5.91 Å². The first-order valence-electron chi connectivity index (χ1n) is 12.5. The maximum atomic E-state index is 12.5. The first-order valence-corrected chi connectivity index (χ1v) is 12.5. The molecule has 0 aliphatic carbocycles. The van der Waals surface area contributed by atoms with Gasteiger partial charge in [0.05, 0.1) is 25.5 Å². The number of hydrogen-bond donors (Lipinski definition) is 1. The molecule has 3 aromatic carbocycles. The second-order valence-electron chi connectivity index (χ2n) is 8.91. The molecule has 1 N–H and O–H groups in total. The Bertz CT molecular complexity index is 1230. The lowest BCUT2D eigenvalue weighted by atomic mass is 10.0. The molecule has 0 bridgehead atoms. The fourth-order valence-corrected chi connectivity index (χ4v) is 4.52. The van der Waals surface area contributed by atoms with Gasteiger partial charge in [0.1, 0.15) is 17.6 Å². The first kappa shape index (κ1) is 25.9. The van der Waals surface area contributed by atoms with E-state index < -0.39 is 0 Å². The van der Waals surface area contributed by atoms with Crippen molar-refractivity contribution in [3.05, 3.63) is 77.9 Å². The Morgan fingerprint density at radius 2 is 1.81 bits per heavy atom. The van der Waals surface area contributed by atoms with Crippen LogP contribution in [-0.4, -0.2) is 64.3 Å². The number of anilines is 1. The standard InChI is InChI=1S/C30H32N4O3/c1-36-26-13-14-28(29(21-26)37-2)34-19-17-33(18-20-34)16-6-5-15-32-30(35)24-11-9-23(10-12-24)27-8-4-3-7-25(27)22-31/h3,7,9-14,21H,5-6,15-20H2,1-2H3,(H,32,35). The molecule has 1 heterocycles. The molecule has 3 aromatic rings. The molecular weight excluding hydrogens is 464 g/mol. The van der Waals surface area contributed by atoms with E-state index in [1.165, 1.54) is 0 Å². The number of methoxy groups -OCH3 is 2. The molecule has 4 rings (SSSR count). The molecule has 0 radical (unpaired) electrons. The van der Waals surface area contributed by atoms with Gasteiger partial charge in [-0.3, -0.25) is 9.69 Å². The average Bonchev–Trinajstić information content (AvgIpc) is 2.97. The van der Waals surface area contributed by atoms with Gasteiger partial charge in [0.25, 0.3) is 5.91 Å². The minimum atomic E-state index is -0.0855. The number of piperazine rings is 1. The Hall–Kier alpha value is -4.20. The molecule has 1 amide bonds. The third-order valence-corrected chi connectivity index (χ3v) is 6.64. The van der Waals surface area contributed by atoms with E-state index in [9.17, 15) is 10.1 Å². The molecule has 0 saturated carbocycles. The van der Waals surface area contributed by atoms with Gasteiger partial charge in [0.2, 0.25) is 0 Å². The summed E-state index contributed by atoms with van der Waals surface area (Å²) in [6.07, 6.45) is 1.96. The Kier molecular flexibility index (Phi) is 8.86. The molecule has 1 aliphatic heterocycles. The number of hydrogen-bond acceptors (Lipinski definition) is 6. The fourth-order valence-electron chi connectivity index (χ4n) is 4.52. The first-order chi connectivity index (χ1) is 18.1. The van der Waals surface area contributed by atoms with Crippen LogP contribution in [0.15, 0.2) is 54.6 Å². The minimum absolute atomic E-state index is 0.0855. The van der Waals surface area contributed by atoms with E-state index in [2.05, 4.69) is 39.4 Å². The van der Waals surface area contributed by atoms with E-state index in [0.717, 1.165) is 68.3 Å². The summed E-state index contributed by atoms with van der Waals surface area (Å²) < 4.78 is 10.9. The SMILES string of the molecule is COc1ccc(N2CCN(CCCCNC(=O)c3ccc(-c4c#cccc4C#N)cc3)CC2)c(OC)c1. The number of nitrogens with zero attached hydrogens (tertiary/aromatic N) is 3. The van der Waals surface area contributed by atoms with Crippen LogP contribution in [-0.2, 0) is 0 Å². The van der Waals surface area contributed by atoms with E-state index in [4.69, 9.17) is 9.47 Å². The van der Waals surface area contributed by atoms with Crippen molar-refractivity contribution in [3.8, 4) is 28.7 Å². The van der Waals surface area contributed by atoms with Crippen LogP contribution in [0, 0.1) is 23.5 Å². The Morgan fingerprint density at radius 3 is 2.51 bits per heavy atom. The van der Waals surface area contributed by atoms with Crippen molar-refractivity contribution in [1.82, 2.24) is 10.2 Å². The largest absolute Gasteiger partial charge is 0.497 e. The molecule has 0 unspecified atom stereocenters. The van der Waals surface area contributed by atoms with Gasteiger partial charge in [0, 0.05) is 49.9 Å². The third kappa shape index (κ3) is 6.52. The van der Waals surface area contributed by atoms with E-state index in [0.29, 0.717) is 23.2 Å². The summed E-state index contributed by atoms with van der Waals surface area (Å²) in [5.41, 5.74) is 3.78. The predicted octanol–water partition coefficient (Wildman–Crippen LogP) is 4.18. The lowest BCUT2D eigenvalue weighted by molar-refractivity contribution is 0.0952. The second kappa shape index (κ2) is 12.7. The van der Waals surface area contributed by atoms with Crippen LogP contribution in [0.3, 0.4) is 0 Å². The Morgan fingerprint density at radius 1 is 1.03 bits per heavy atom. The van der Waals surface area contributed by atoms with Crippen molar-refractivity contribution in [3.63, 3.8) is 0 Å². The maximum Gasteiger partial charge on any atom is 0.251 e. The van der Waals surface area contributed by atoms with Gasteiger partial charge in [-0.25, -0.2) is 0 Å². The Labute approximate surface area is 219 Å². The smallest absolute Gasteiger partial charge is 0.251 e.